The van der Waals surface area contributed by atoms with Crippen molar-refractivity contribution >= 4 is 15.7 Å². The van der Waals surface area contributed by atoms with Crippen LogP contribution in [-0.4, -0.2) is 50.7 Å². The lowest BCUT2D eigenvalue weighted by atomic mass is 10.1. The molecule has 0 saturated carbocycles. The predicted molar refractivity (Wildman–Crippen MR) is 125 cm³/mol. The number of sulfonamides is 1. The molecule has 0 bridgehead atoms. The molecule has 8 heteroatoms. The first-order valence-corrected chi connectivity index (χ1v) is 12.1. The van der Waals surface area contributed by atoms with E-state index in [4.69, 9.17) is 9.26 Å². The lowest BCUT2D eigenvalue weighted by Crippen LogP contribution is -2.53. The Kier molecular flexibility index (Phi) is 6.01. The maximum atomic E-state index is 13.7. The third-order valence-electron chi connectivity index (χ3n) is 6.12. The van der Waals surface area contributed by atoms with Gasteiger partial charge in [-0.3, -0.25) is 0 Å². The number of nitrogens with zero attached hydrogens (tertiary/aromatic N) is 3. The molecule has 1 saturated heterocycles. The molecule has 0 aliphatic carbocycles. The van der Waals surface area contributed by atoms with Gasteiger partial charge in [0.15, 0.2) is 5.76 Å². The first kappa shape index (κ1) is 22.4. The first-order chi connectivity index (χ1) is 15.2. The van der Waals surface area contributed by atoms with Crippen LogP contribution in [-0.2, 0) is 10.0 Å². The first-order valence-electron chi connectivity index (χ1n) is 10.7. The van der Waals surface area contributed by atoms with E-state index in [9.17, 15) is 8.42 Å². The van der Waals surface area contributed by atoms with E-state index in [2.05, 4.69) is 42.1 Å². The molecule has 7 nitrogen and oxygen atoms in total. The summed E-state index contributed by atoms with van der Waals surface area (Å²) in [6.45, 7) is 9.29. The van der Waals surface area contributed by atoms with E-state index in [1.54, 1.807) is 22.5 Å². The fourth-order valence-corrected chi connectivity index (χ4v) is 5.87. The highest BCUT2D eigenvalue weighted by Crippen LogP contribution is 2.35. The molecule has 1 aliphatic rings. The fourth-order valence-electron chi connectivity index (χ4n) is 4.18. The molecule has 3 aromatic rings. The molecule has 0 radical (unpaired) electrons. The molecule has 0 amide bonds. The highest BCUT2D eigenvalue weighted by atomic mass is 32.2. The van der Waals surface area contributed by atoms with Gasteiger partial charge in [0.2, 0.25) is 10.0 Å². The van der Waals surface area contributed by atoms with E-state index in [-0.39, 0.29) is 10.9 Å². The van der Waals surface area contributed by atoms with Crippen LogP contribution in [0.25, 0.3) is 11.3 Å². The number of benzene rings is 2. The Morgan fingerprint density at radius 2 is 1.88 bits per heavy atom. The van der Waals surface area contributed by atoms with Gasteiger partial charge in [-0.05, 0) is 63.6 Å². The highest BCUT2D eigenvalue weighted by Gasteiger charge is 2.34. The van der Waals surface area contributed by atoms with E-state index in [1.807, 2.05) is 19.9 Å². The Labute approximate surface area is 189 Å². The number of hydrogen-bond acceptors (Lipinski definition) is 6. The normalized spacial score (nSPS) is 17.5. The van der Waals surface area contributed by atoms with Crippen LogP contribution >= 0.6 is 0 Å². The zero-order valence-electron chi connectivity index (χ0n) is 19.1. The Balaban J connectivity index is 1.65. The number of aromatic nitrogens is 1. The van der Waals surface area contributed by atoms with Crippen LogP contribution in [0.3, 0.4) is 0 Å². The smallest absolute Gasteiger partial charge is 0.246 e. The quantitative estimate of drug-likeness (QED) is 0.575. The van der Waals surface area contributed by atoms with Crippen molar-refractivity contribution in [2.75, 3.05) is 31.6 Å². The molecule has 0 N–H and O–H groups in total. The minimum absolute atomic E-state index is 0.0358. The lowest BCUT2D eigenvalue weighted by Gasteiger charge is -2.40. The second-order valence-electron chi connectivity index (χ2n) is 8.33. The molecule has 1 aliphatic heterocycles. The Bertz CT molecular complexity index is 1240. The molecular formula is C24H29N3O4S. The SMILES string of the molecule is COc1ccc(-c2onc(C)c2C)cc1S(=O)(=O)N1CCN(c2cccc(C)c2)[C@H](C)C1. The number of ether oxygens (including phenoxy) is 1. The zero-order valence-corrected chi connectivity index (χ0v) is 19.9. The topological polar surface area (TPSA) is 75.9 Å². The number of methoxy groups -OCH3 is 1. The van der Waals surface area contributed by atoms with Crippen molar-refractivity contribution in [2.24, 2.45) is 0 Å². The Hall–Kier alpha value is -2.84. The van der Waals surface area contributed by atoms with Crippen LogP contribution in [0.5, 0.6) is 5.75 Å². The lowest BCUT2D eigenvalue weighted by molar-refractivity contribution is 0.339. The number of hydrogen-bond donors (Lipinski definition) is 0. The fraction of sp³-hybridized carbons (Fsp3) is 0.375. The van der Waals surface area contributed by atoms with Crippen molar-refractivity contribution < 1.29 is 17.7 Å². The summed E-state index contributed by atoms with van der Waals surface area (Å²) in [5.74, 6) is 0.885. The monoisotopic (exact) mass is 455 g/mol. The van der Waals surface area contributed by atoms with E-state index in [0.29, 0.717) is 36.7 Å². The van der Waals surface area contributed by atoms with Gasteiger partial charge in [0.05, 0.1) is 12.8 Å². The van der Waals surface area contributed by atoms with Crippen molar-refractivity contribution in [3.63, 3.8) is 0 Å². The van der Waals surface area contributed by atoms with Gasteiger partial charge >= 0.3 is 0 Å². The standard InChI is InChI=1S/C24H29N3O4S/c1-16-7-6-8-21(13-16)27-12-11-26(15-17(27)2)32(28,29)23-14-20(9-10-22(23)30-5)24-18(3)19(4)25-31-24/h6-10,13-14,17H,11-12,15H2,1-5H3/t17-/m1/s1. The number of anilines is 1. The minimum Gasteiger partial charge on any atom is -0.495 e. The van der Waals surface area contributed by atoms with Crippen molar-refractivity contribution in [1.29, 1.82) is 0 Å². The van der Waals surface area contributed by atoms with Gasteiger partial charge in [-0.1, -0.05) is 17.3 Å². The number of piperazine rings is 1. The molecule has 2 aromatic carbocycles. The maximum Gasteiger partial charge on any atom is 0.246 e. The number of aryl methyl sites for hydroxylation is 2. The summed E-state index contributed by atoms with van der Waals surface area (Å²) in [6, 6.07) is 13.4. The van der Waals surface area contributed by atoms with Crippen LogP contribution in [0.1, 0.15) is 23.7 Å². The molecule has 32 heavy (non-hydrogen) atoms. The average molecular weight is 456 g/mol. The van der Waals surface area contributed by atoms with E-state index in [1.165, 1.54) is 12.7 Å². The van der Waals surface area contributed by atoms with Crippen LogP contribution in [0.2, 0.25) is 0 Å². The summed E-state index contributed by atoms with van der Waals surface area (Å²) in [7, 11) is -2.29. The molecule has 1 aromatic heterocycles. The van der Waals surface area contributed by atoms with Gasteiger partial charge < -0.3 is 14.2 Å². The van der Waals surface area contributed by atoms with Gasteiger partial charge in [-0.15, -0.1) is 0 Å². The Morgan fingerprint density at radius 3 is 2.50 bits per heavy atom. The van der Waals surface area contributed by atoms with Crippen molar-refractivity contribution in [3.05, 3.63) is 59.3 Å². The van der Waals surface area contributed by atoms with Gasteiger partial charge in [-0.25, -0.2) is 8.42 Å². The molecule has 1 fully saturated rings. The molecule has 170 valence electrons. The summed E-state index contributed by atoms with van der Waals surface area (Å²) in [5.41, 5.74) is 4.63. The predicted octanol–water partition coefficient (Wildman–Crippen LogP) is 4.17. The Morgan fingerprint density at radius 1 is 1.09 bits per heavy atom. The van der Waals surface area contributed by atoms with Gasteiger partial charge in [-0.2, -0.15) is 4.31 Å². The summed E-state index contributed by atoms with van der Waals surface area (Å²) < 4.78 is 39.7. The van der Waals surface area contributed by atoms with Crippen LogP contribution in [0.15, 0.2) is 51.9 Å². The maximum absolute atomic E-state index is 13.7. The number of rotatable bonds is 5. The van der Waals surface area contributed by atoms with Crippen LogP contribution in [0.4, 0.5) is 5.69 Å². The molecule has 0 spiro atoms. The van der Waals surface area contributed by atoms with Gasteiger partial charge in [0.1, 0.15) is 10.6 Å². The largest absolute Gasteiger partial charge is 0.495 e. The van der Waals surface area contributed by atoms with Crippen LogP contribution in [0, 0.1) is 20.8 Å². The van der Waals surface area contributed by atoms with Crippen molar-refractivity contribution in [3.8, 4) is 17.1 Å². The summed E-state index contributed by atoms with van der Waals surface area (Å²) in [4.78, 5) is 2.40. The van der Waals surface area contributed by atoms with E-state index >= 15 is 0 Å². The summed E-state index contributed by atoms with van der Waals surface area (Å²) in [6.07, 6.45) is 0. The molecule has 1 atom stereocenters. The van der Waals surface area contributed by atoms with E-state index in [0.717, 1.165) is 16.9 Å². The van der Waals surface area contributed by atoms with Gasteiger partial charge in [0, 0.05) is 42.5 Å². The van der Waals surface area contributed by atoms with E-state index < -0.39 is 10.0 Å². The molecule has 0 unspecified atom stereocenters. The van der Waals surface area contributed by atoms with Crippen molar-refractivity contribution in [1.82, 2.24) is 9.46 Å². The molecule has 4 rings (SSSR count). The average Bonchev–Trinajstić information content (AvgIpc) is 3.11. The molecular weight excluding hydrogens is 426 g/mol. The van der Waals surface area contributed by atoms with Crippen molar-refractivity contribution in [2.45, 2.75) is 38.6 Å². The second kappa shape index (κ2) is 8.60. The van der Waals surface area contributed by atoms with Crippen LogP contribution < -0.4 is 9.64 Å². The zero-order chi connectivity index (χ0) is 23.0. The highest BCUT2D eigenvalue weighted by molar-refractivity contribution is 7.89. The summed E-state index contributed by atoms with van der Waals surface area (Å²) >= 11 is 0. The second-order valence-corrected chi connectivity index (χ2v) is 10.2. The minimum atomic E-state index is -3.77. The van der Waals surface area contributed by atoms with Gasteiger partial charge in [0.25, 0.3) is 0 Å². The third kappa shape index (κ3) is 4.00. The summed E-state index contributed by atoms with van der Waals surface area (Å²) in [5, 5.41) is 4.00. The third-order valence-corrected chi connectivity index (χ3v) is 8.01. The molecule has 2 heterocycles.